The molecule has 1 N–H and O–H groups in total. The van der Waals surface area contributed by atoms with Gasteiger partial charge in [-0.15, -0.1) is 0 Å². The smallest absolute Gasteiger partial charge is 0.225 e. The summed E-state index contributed by atoms with van der Waals surface area (Å²) in [6, 6.07) is 10.4. The Morgan fingerprint density at radius 3 is 2.63 bits per heavy atom. The van der Waals surface area contributed by atoms with E-state index in [1.54, 1.807) is 0 Å². The summed E-state index contributed by atoms with van der Waals surface area (Å²) in [5.74, 6) is 0.569. The summed E-state index contributed by atoms with van der Waals surface area (Å²) in [4.78, 5) is 29.1. The summed E-state index contributed by atoms with van der Waals surface area (Å²) in [5.41, 5.74) is 1.29. The SMILES string of the molecule is CCN(CCNC(=O)[C@@H]1CCC(=O)N(CC(C)C)[C@@H]1C)Cc1ccccc1. The molecule has 1 saturated heterocycles. The Balaban J connectivity index is 1.82. The zero-order chi connectivity index (χ0) is 19.8. The van der Waals surface area contributed by atoms with Crippen LogP contribution >= 0.6 is 0 Å². The van der Waals surface area contributed by atoms with Crippen molar-refractivity contribution in [3.8, 4) is 0 Å². The summed E-state index contributed by atoms with van der Waals surface area (Å²) >= 11 is 0. The number of nitrogens with one attached hydrogen (secondary N) is 1. The minimum atomic E-state index is -0.106. The van der Waals surface area contributed by atoms with Crippen molar-refractivity contribution in [1.82, 2.24) is 15.1 Å². The molecular weight excluding hydrogens is 338 g/mol. The van der Waals surface area contributed by atoms with E-state index in [1.807, 2.05) is 17.9 Å². The summed E-state index contributed by atoms with van der Waals surface area (Å²) in [7, 11) is 0. The van der Waals surface area contributed by atoms with Crippen LogP contribution in [0.1, 0.15) is 46.1 Å². The van der Waals surface area contributed by atoms with Crippen molar-refractivity contribution in [2.24, 2.45) is 11.8 Å². The second kappa shape index (κ2) is 10.5. The van der Waals surface area contributed by atoms with Crippen molar-refractivity contribution in [2.75, 3.05) is 26.2 Å². The molecule has 150 valence electrons. The summed E-state index contributed by atoms with van der Waals surface area (Å²) in [6.45, 7) is 12.4. The Bertz CT molecular complexity index is 603. The monoisotopic (exact) mass is 373 g/mol. The number of likely N-dealkylation sites (tertiary alicyclic amines) is 1. The Labute approximate surface area is 164 Å². The lowest BCUT2D eigenvalue weighted by atomic mass is 9.88. The molecule has 1 aliphatic rings. The fourth-order valence-corrected chi connectivity index (χ4v) is 3.78. The highest BCUT2D eigenvalue weighted by atomic mass is 16.2. The number of nitrogens with zero attached hydrogens (tertiary/aromatic N) is 2. The summed E-state index contributed by atoms with van der Waals surface area (Å²) in [5, 5.41) is 3.10. The average Bonchev–Trinajstić information content (AvgIpc) is 2.64. The van der Waals surface area contributed by atoms with Crippen molar-refractivity contribution < 1.29 is 9.59 Å². The molecule has 1 aliphatic heterocycles. The van der Waals surface area contributed by atoms with Crippen LogP contribution in [-0.2, 0) is 16.1 Å². The molecule has 0 saturated carbocycles. The first-order valence-electron chi connectivity index (χ1n) is 10.3. The van der Waals surface area contributed by atoms with Gasteiger partial charge in [-0.05, 0) is 31.4 Å². The number of amides is 2. The molecule has 0 bridgehead atoms. The third kappa shape index (κ3) is 6.35. The normalized spacial score (nSPS) is 20.4. The molecule has 0 unspecified atom stereocenters. The molecule has 1 aromatic carbocycles. The Hall–Kier alpha value is -1.88. The standard InChI is InChI=1S/C22H35N3O2/c1-5-24(16-19-9-7-6-8-10-19)14-13-23-22(27)20-11-12-21(26)25(18(20)4)15-17(2)3/h6-10,17-18,20H,5,11-16H2,1-4H3,(H,23,27)/t18-,20-/m1/s1. The van der Waals surface area contributed by atoms with Crippen molar-refractivity contribution in [2.45, 2.75) is 53.1 Å². The lowest BCUT2D eigenvalue weighted by Gasteiger charge is -2.39. The van der Waals surface area contributed by atoms with Gasteiger partial charge < -0.3 is 10.2 Å². The highest BCUT2D eigenvalue weighted by Crippen LogP contribution is 2.25. The number of carbonyl (C=O) groups excluding carboxylic acids is 2. The van der Waals surface area contributed by atoms with E-state index >= 15 is 0 Å². The van der Waals surface area contributed by atoms with Gasteiger partial charge in [0.25, 0.3) is 0 Å². The first-order chi connectivity index (χ1) is 12.9. The van der Waals surface area contributed by atoms with Crippen molar-refractivity contribution in [3.63, 3.8) is 0 Å². The minimum absolute atomic E-state index is 0.0275. The minimum Gasteiger partial charge on any atom is -0.355 e. The van der Waals surface area contributed by atoms with Gasteiger partial charge in [-0.2, -0.15) is 0 Å². The van der Waals surface area contributed by atoms with Crippen LogP contribution in [0.4, 0.5) is 0 Å². The van der Waals surface area contributed by atoms with E-state index in [4.69, 9.17) is 0 Å². The molecule has 2 atom stereocenters. The molecule has 5 nitrogen and oxygen atoms in total. The van der Waals surface area contributed by atoms with Crippen LogP contribution in [-0.4, -0.2) is 53.8 Å². The van der Waals surface area contributed by atoms with E-state index in [0.717, 1.165) is 26.2 Å². The van der Waals surface area contributed by atoms with Crippen molar-refractivity contribution in [1.29, 1.82) is 0 Å². The lowest BCUT2D eigenvalue weighted by molar-refractivity contribution is -0.143. The second-order valence-electron chi connectivity index (χ2n) is 7.97. The van der Waals surface area contributed by atoms with Crippen LogP contribution < -0.4 is 5.32 Å². The zero-order valence-electron chi connectivity index (χ0n) is 17.3. The molecule has 27 heavy (non-hydrogen) atoms. The number of hydrogen-bond acceptors (Lipinski definition) is 3. The zero-order valence-corrected chi connectivity index (χ0v) is 17.3. The van der Waals surface area contributed by atoms with Crippen LogP contribution in [0.5, 0.6) is 0 Å². The Morgan fingerprint density at radius 1 is 1.30 bits per heavy atom. The molecule has 1 fully saturated rings. The van der Waals surface area contributed by atoms with Crippen LogP contribution in [0.25, 0.3) is 0 Å². The third-order valence-electron chi connectivity index (χ3n) is 5.39. The quantitative estimate of drug-likeness (QED) is 0.724. The highest BCUT2D eigenvalue weighted by Gasteiger charge is 2.36. The predicted molar refractivity (Wildman–Crippen MR) is 109 cm³/mol. The molecule has 0 aliphatic carbocycles. The van der Waals surface area contributed by atoms with Gasteiger partial charge in [-0.3, -0.25) is 14.5 Å². The molecule has 2 rings (SSSR count). The molecule has 1 heterocycles. The van der Waals surface area contributed by atoms with E-state index < -0.39 is 0 Å². The number of rotatable bonds is 9. The number of carbonyl (C=O) groups is 2. The predicted octanol–water partition coefficient (Wildman–Crippen LogP) is 2.91. The van der Waals surface area contributed by atoms with Gasteiger partial charge >= 0.3 is 0 Å². The van der Waals surface area contributed by atoms with Crippen molar-refractivity contribution >= 4 is 11.8 Å². The van der Waals surface area contributed by atoms with Gasteiger partial charge in [0.2, 0.25) is 11.8 Å². The van der Waals surface area contributed by atoms with E-state index in [1.165, 1.54) is 5.56 Å². The summed E-state index contributed by atoms with van der Waals surface area (Å²) < 4.78 is 0. The maximum atomic E-state index is 12.7. The van der Waals surface area contributed by atoms with Crippen molar-refractivity contribution in [3.05, 3.63) is 35.9 Å². The van der Waals surface area contributed by atoms with Crippen LogP contribution in [0.3, 0.4) is 0 Å². The summed E-state index contributed by atoms with van der Waals surface area (Å²) in [6.07, 6.45) is 1.13. The van der Waals surface area contributed by atoms with Gasteiger partial charge in [0.05, 0.1) is 5.92 Å². The molecule has 0 aromatic heterocycles. The maximum Gasteiger partial charge on any atom is 0.225 e. The van der Waals surface area contributed by atoms with Crippen LogP contribution in [0, 0.1) is 11.8 Å². The fraction of sp³-hybridized carbons (Fsp3) is 0.636. The van der Waals surface area contributed by atoms with Gasteiger partial charge in [0.1, 0.15) is 0 Å². The number of likely N-dealkylation sites (N-methyl/N-ethyl adjacent to an activating group) is 1. The topological polar surface area (TPSA) is 52.7 Å². The third-order valence-corrected chi connectivity index (χ3v) is 5.39. The van der Waals surface area contributed by atoms with E-state index in [-0.39, 0.29) is 23.8 Å². The lowest BCUT2D eigenvalue weighted by Crippen LogP contribution is -2.53. The molecule has 0 spiro atoms. The largest absolute Gasteiger partial charge is 0.355 e. The van der Waals surface area contributed by atoms with E-state index in [9.17, 15) is 9.59 Å². The first kappa shape index (κ1) is 21.4. The Morgan fingerprint density at radius 2 is 2.00 bits per heavy atom. The molecule has 2 amide bonds. The molecular formula is C22H35N3O2. The number of benzene rings is 1. The van der Waals surface area contributed by atoms with Gasteiger partial charge in [0.15, 0.2) is 0 Å². The van der Waals surface area contributed by atoms with Gasteiger partial charge in [0, 0.05) is 38.6 Å². The molecule has 1 aromatic rings. The number of hydrogen-bond donors (Lipinski definition) is 1. The Kier molecular flexibility index (Phi) is 8.29. The van der Waals surface area contributed by atoms with Crippen LogP contribution in [0.2, 0.25) is 0 Å². The average molecular weight is 374 g/mol. The van der Waals surface area contributed by atoms with Gasteiger partial charge in [-0.1, -0.05) is 51.1 Å². The van der Waals surface area contributed by atoms with Gasteiger partial charge in [-0.25, -0.2) is 0 Å². The molecule has 5 heteroatoms. The second-order valence-corrected chi connectivity index (χ2v) is 7.97. The number of piperidine rings is 1. The highest BCUT2D eigenvalue weighted by molar-refractivity contribution is 5.84. The van der Waals surface area contributed by atoms with E-state index in [2.05, 4.69) is 55.3 Å². The first-order valence-corrected chi connectivity index (χ1v) is 10.3. The fourth-order valence-electron chi connectivity index (χ4n) is 3.78. The van der Waals surface area contributed by atoms with E-state index in [0.29, 0.717) is 25.3 Å². The van der Waals surface area contributed by atoms with Crippen LogP contribution in [0.15, 0.2) is 30.3 Å². The maximum absolute atomic E-state index is 12.7. The molecule has 0 radical (unpaired) electrons.